The third kappa shape index (κ3) is 4.30. The van der Waals surface area contributed by atoms with Gasteiger partial charge in [0.1, 0.15) is 18.2 Å². The Kier molecular flexibility index (Phi) is 6.14. The Morgan fingerprint density at radius 3 is 2.55 bits per heavy atom. The summed E-state index contributed by atoms with van der Waals surface area (Å²) in [5, 5.41) is 8.42. The molecule has 0 saturated heterocycles. The summed E-state index contributed by atoms with van der Waals surface area (Å²) in [5.41, 5.74) is 7.02. The van der Waals surface area contributed by atoms with Crippen molar-refractivity contribution in [1.82, 2.24) is 0 Å². The molecule has 0 unspecified atom stereocenters. The van der Waals surface area contributed by atoms with Crippen LogP contribution in [0.25, 0.3) is 0 Å². The first-order valence-electron chi connectivity index (χ1n) is 5.57. The van der Waals surface area contributed by atoms with Gasteiger partial charge in [0.2, 0.25) is 0 Å². The van der Waals surface area contributed by atoms with Gasteiger partial charge >= 0.3 is 0 Å². The summed E-state index contributed by atoms with van der Waals surface area (Å²) in [6.45, 7) is 0.350. The molecule has 0 aliphatic carbocycles. The van der Waals surface area contributed by atoms with E-state index in [1.54, 1.807) is 24.3 Å². The average Bonchev–Trinajstić information content (AvgIpc) is 2.38. The number of rotatable bonds is 4. The second kappa shape index (κ2) is 7.39. The zero-order chi connectivity index (χ0) is 13.8. The highest BCUT2D eigenvalue weighted by Crippen LogP contribution is 2.28. The monoisotopic (exact) mass is 330 g/mol. The molecule has 0 bridgehead atoms. The van der Waals surface area contributed by atoms with Gasteiger partial charge in [-0.25, -0.2) is 0 Å². The van der Waals surface area contributed by atoms with Gasteiger partial charge in [-0.2, -0.15) is 0 Å². The number of ether oxygens (including phenoxy) is 1. The Bertz CT molecular complexity index is 617. The molecule has 0 saturated carbocycles. The van der Waals surface area contributed by atoms with E-state index in [0.717, 1.165) is 5.56 Å². The first-order valence-corrected chi connectivity index (χ1v) is 6.33. The lowest BCUT2D eigenvalue weighted by Crippen LogP contribution is -2.11. The number of amidine groups is 1. The Hall–Kier alpha value is -1.42. The van der Waals surface area contributed by atoms with E-state index in [9.17, 15) is 0 Å². The molecule has 2 aromatic rings. The van der Waals surface area contributed by atoms with Crippen molar-refractivity contribution in [2.24, 2.45) is 5.73 Å². The SMILES string of the molecule is Cl.N=C(N)c1cccc(COc2ccc(Cl)cc2Cl)c1. The number of nitrogens with one attached hydrogen (secondary N) is 1. The van der Waals surface area contributed by atoms with Gasteiger partial charge in [0.25, 0.3) is 0 Å². The van der Waals surface area contributed by atoms with Crippen molar-refractivity contribution in [3.63, 3.8) is 0 Å². The fraction of sp³-hybridized carbons (Fsp3) is 0.0714. The van der Waals surface area contributed by atoms with Crippen molar-refractivity contribution < 1.29 is 4.74 Å². The van der Waals surface area contributed by atoms with Gasteiger partial charge in [-0.3, -0.25) is 5.41 Å². The first kappa shape index (κ1) is 16.6. The van der Waals surface area contributed by atoms with E-state index in [0.29, 0.717) is 28.0 Å². The summed E-state index contributed by atoms with van der Waals surface area (Å²) in [4.78, 5) is 0. The quantitative estimate of drug-likeness (QED) is 0.649. The highest BCUT2D eigenvalue weighted by atomic mass is 35.5. The van der Waals surface area contributed by atoms with Gasteiger partial charge in [-0.15, -0.1) is 12.4 Å². The molecule has 0 aromatic heterocycles. The van der Waals surface area contributed by atoms with Crippen molar-refractivity contribution in [2.45, 2.75) is 6.61 Å². The molecule has 3 nitrogen and oxygen atoms in total. The summed E-state index contributed by atoms with van der Waals surface area (Å²) in [7, 11) is 0. The number of benzene rings is 2. The van der Waals surface area contributed by atoms with E-state index in [1.807, 2.05) is 18.2 Å². The number of hydrogen-bond acceptors (Lipinski definition) is 2. The topological polar surface area (TPSA) is 59.1 Å². The molecule has 2 aromatic carbocycles. The highest BCUT2D eigenvalue weighted by Gasteiger charge is 2.04. The van der Waals surface area contributed by atoms with Crippen molar-refractivity contribution in [1.29, 1.82) is 5.41 Å². The molecule has 0 spiro atoms. The second-order valence-electron chi connectivity index (χ2n) is 3.98. The Morgan fingerprint density at radius 2 is 1.90 bits per heavy atom. The lowest BCUT2D eigenvalue weighted by atomic mass is 10.1. The van der Waals surface area contributed by atoms with Gasteiger partial charge in [0, 0.05) is 10.6 Å². The van der Waals surface area contributed by atoms with Crippen LogP contribution in [0.4, 0.5) is 0 Å². The number of halogens is 3. The van der Waals surface area contributed by atoms with Crippen molar-refractivity contribution in [3.05, 3.63) is 63.6 Å². The number of nitrogen functional groups attached to an aromatic ring is 1. The maximum atomic E-state index is 7.39. The van der Waals surface area contributed by atoms with Gasteiger partial charge in [-0.1, -0.05) is 41.4 Å². The van der Waals surface area contributed by atoms with Gasteiger partial charge < -0.3 is 10.5 Å². The molecule has 0 atom stereocenters. The average molecular weight is 332 g/mol. The van der Waals surface area contributed by atoms with Crippen LogP contribution in [0.2, 0.25) is 10.0 Å². The molecule has 0 fully saturated rings. The van der Waals surface area contributed by atoms with Gasteiger partial charge in [0.15, 0.2) is 0 Å². The zero-order valence-electron chi connectivity index (χ0n) is 10.4. The van der Waals surface area contributed by atoms with Crippen molar-refractivity contribution in [3.8, 4) is 5.75 Å². The van der Waals surface area contributed by atoms with Gasteiger partial charge in [0.05, 0.1) is 5.02 Å². The minimum Gasteiger partial charge on any atom is -0.487 e. The second-order valence-corrected chi connectivity index (χ2v) is 4.82. The molecule has 6 heteroatoms. The van der Waals surface area contributed by atoms with Crippen LogP contribution in [0, 0.1) is 5.41 Å². The molecule has 2 rings (SSSR count). The third-order valence-corrected chi connectivity index (χ3v) is 3.06. The molecular formula is C14H13Cl3N2O. The van der Waals surface area contributed by atoms with E-state index < -0.39 is 0 Å². The maximum absolute atomic E-state index is 7.39. The van der Waals surface area contributed by atoms with Crippen LogP contribution in [-0.2, 0) is 6.61 Å². The van der Waals surface area contributed by atoms with E-state index in [4.69, 9.17) is 39.1 Å². The molecule has 3 N–H and O–H groups in total. The zero-order valence-corrected chi connectivity index (χ0v) is 12.7. The van der Waals surface area contributed by atoms with Crippen molar-refractivity contribution in [2.75, 3.05) is 0 Å². The number of nitrogens with two attached hydrogens (primary N) is 1. The van der Waals surface area contributed by atoms with Crippen LogP contribution in [0.1, 0.15) is 11.1 Å². The molecule has 0 amide bonds. The largest absolute Gasteiger partial charge is 0.487 e. The fourth-order valence-corrected chi connectivity index (χ4v) is 2.05. The lowest BCUT2D eigenvalue weighted by Gasteiger charge is -2.09. The summed E-state index contributed by atoms with van der Waals surface area (Å²) >= 11 is 11.8. The molecule has 0 heterocycles. The lowest BCUT2D eigenvalue weighted by molar-refractivity contribution is 0.306. The summed E-state index contributed by atoms with van der Waals surface area (Å²) < 4.78 is 5.61. The third-order valence-electron chi connectivity index (χ3n) is 2.53. The minimum absolute atomic E-state index is 0. The summed E-state index contributed by atoms with van der Waals surface area (Å²) in [6.07, 6.45) is 0. The van der Waals surface area contributed by atoms with Crippen LogP contribution in [0.15, 0.2) is 42.5 Å². The van der Waals surface area contributed by atoms with Crippen LogP contribution in [-0.4, -0.2) is 5.84 Å². The Morgan fingerprint density at radius 1 is 1.15 bits per heavy atom. The van der Waals surface area contributed by atoms with E-state index in [1.165, 1.54) is 0 Å². The molecular weight excluding hydrogens is 319 g/mol. The molecule has 20 heavy (non-hydrogen) atoms. The predicted octanol–water partition coefficient (Wildman–Crippen LogP) is 4.28. The minimum atomic E-state index is 0. The van der Waals surface area contributed by atoms with E-state index in [-0.39, 0.29) is 18.2 Å². The Balaban J connectivity index is 0.00000200. The molecule has 106 valence electrons. The first-order chi connectivity index (χ1) is 9.06. The predicted molar refractivity (Wildman–Crippen MR) is 85.5 cm³/mol. The summed E-state index contributed by atoms with van der Waals surface area (Å²) in [5.74, 6) is 0.602. The van der Waals surface area contributed by atoms with Crippen molar-refractivity contribution >= 4 is 41.4 Å². The number of hydrogen-bond donors (Lipinski definition) is 2. The maximum Gasteiger partial charge on any atom is 0.138 e. The summed E-state index contributed by atoms with van der Waals surface area (Å²) in [6, 6.07) is 12.4. The Labute approximate surface area is 133 Å². The van der Waals surface area contributed by atoms with Gasteiger partial charge in [-0.05, 0) is 29.8 Å². The molecule has 0 radical (unpaired) electrons. The fourth-order valence-electron chi connectivity index (χ4n) is 1.58. The van der Waals surface area contributed by atoms with Crippen LogP contribution in [0.3, 0.4) is 0 Å². The van der Waals surface area contributed by atoms with E-state index in [2.05, 4.69) is 0 Å². The standard InChI is InChI=1S/C14H12Cl2N2O.ClH/c15-11-4-5-13(12(16)7-11)19-8-9-2-1-3-10(6-9)14(17)18;/h1-7H,8H2,(H3,17,18);1H. The van der Waals surface area contributed by atoms with Crippen LogP contribution >= 0.6 is 35.6 Å². The molecule has 0 aliphatic heterocycles. The molecule has 0 aliphatic rings. The van der Waals surface area contributed by atoms with Crippen LogP contribution in [0.5, 0.6) is 5.75 Å². The smallest absolute Gasteiger partial charge is 0.138 e. The van der Waals surface area contributed by atoms with Crippen LogP contribution < -0.4 is 10.5 Å². The van der Waals surface area contributed by atoms with E-state index >= 15 is 0 Å². The highest BCUT2D eigenvalue weighted by molar-refractivity contribution is 6.35. The normalized spacial score (nSPS) is 9.70.